The molecule has 0 saturated carbocycles. The van der Waals surface area contributed by atoms with Crippen LogP contribution in [-0.4, -0.2) is 69.9 Å². The van der Waals surface area contributed by atoms with Crippen molar-refractivity contribution in [2.24, 2.45) is 0 Å². The number of nitrogens with zero attached hydrogens (tertiary/aromatic N) is 2. The molecule has 1 aliphatic heterocycles. The Bertz CT molecular complexity index is 937. The average Bonchev–Trinajstić information content (AvgIpc) is 2.74. The molecule has 3 rings (SSSR count). The van der Waals surface area contributed by atoms with Gasteiger partial charge in [0, 0.05) is 44.8 Å². The maximum absolute atomic E-state index is 12.8. The third-order valence-electron chi connectivity index (χ3n) is 5.13. The van der Waals surface area contributed by atoms with Gasteiger partial charge in [0.15, 0.2) is 0 Å². The second-order valence-corrected chi connectivity index (χ2v) is 8.93. The number of nitrogens with one attached hydrogen (secondary N) is 1. The average molecular weight is 418 g/mol. The summed E-state index contributed by atoms with van der Waals surface area (Å²) in [5, 5.41) is 2.94. The molecule has 0 spiro atoms. The lowest BCUT2D eigenvalue weighted by atomic mass is 10.1. The molecule has 1 fully saturated rings. The highest BCUT2D eigenvalue weighted by Crippen LogP contribution is 2.20. The molecule has 1 amide bonds. The zero-order valence-corrected chi connectivity index (χ0v) is 17.6. The van der Waals surface area contributed by atoms with Crippen molar-refractivity contribution in [2.45, 2.75) is 11.8 Å². The van der Waals surface area contributed by atoms with Crippen LogP contribution in [-0.2, 0) is 10.0 Å². The van der Waals surface area contributed by atoms with E-state index in [0.717, 1.165) is 5.56 Å². The minimum Gasteiger partial charge on any atom is -0.497 e. The van der Waals surface area contributed by atoms with Crippen LogP contribution in [0.4, 0.5) is 0 Å². The van der Waals surface area contributed by atoms with Crippen molar-refractivity contribution in [3.8, 4) is 5.75 Å². The quantitative estimate of drug-likeness (QED) is 0.742. The van der Waals surface area contributed by atoms with E-state index in [1.54, 1.807) is 31.4 Å². The van der Waals surface area contributed by atoms with Crippen LogP contribution >= 0.6 is 0 Å². The molecule has 0 atom stereocenters. The van der Waals surface area contributed by atoms with Gasteiger partial charge in [-0.1, -0.05) is 18.2 Å². The normalized spacial score (nSPS) is 15.8. The zero-order chi connectivity index (χ0) is 20.9. The van der Waals surface area contributed by atoms with Crippen molar-refractivity contribution >= 4 is 15.9 Å². The van der Waals surface area contributed by atoms with E-state index in [1.807, 2.05) is 31.2 Å². The highest BCUT2D eigenvalue weighted by Gasteiger charge is 2.28. The van der Waals surface area contributed by atoms with Crippen LogP contribution in [0.5, 0.6) is 5.75 Å². The molecule has 1 heterocycles. The smallest absolute Gasteiger partial charge is 0.251 e. The van der Waals surface area contributed by atoms with Gasteiger partial charge in [0.05, 0.1) is 12.0 Å². The molecule has 2 aromatic rings. The van der Waals surface area contributed by atoms with Gasteiger partial charge in [0.25, 0.3) is 5.91 Å². The highest BCUT2D eigenvalue weighted by atomic mass is 32.2. The first-order valence-corrected chi connectivity index (χ1v) is 11.1. The molecular weight excluding hydrogens is 390 g/mol. The Labute approximate surface area is 172 Å². The number of rotatable bonds is 7. The first kappa shape index (κ1) is 21.3. The van der Waals surface area contributed by atoms with Crippen LogP contribution in [0.25, 0.3) is 0 Å². The highest BCUT2D eigenvalue weighted by molar-refractivity contribution is 7.89. The molecule has 1 saturated heterocycles. The molecule has 8 heteroatoms. The van der Waals surface area contributed by atoms with E-state index in [1.165, 1.54) is 4.31 Å². The summed E-state index contributed by atoms with van der Waals surface area (Å²) in [6.45, 7) is 5.26. The Hall–Kier alpha value is -2.42. The molecule has 1 N–H and O–H groups in total. The summed E-state index contributed by atoms with van der Waals surface area (Å²) in [7, 11) is -1.96. The topological polar surface area (TPSA) is 79.0 Å². The number of methoxy groups -OCH3 is 1. The third kappa shape index (κ3) is 5.14. The van der Waals surface area contributed by atoms with E-state index >= 15 is 0 Å². The molecule has 29 heavy (non-hydrogen) atoms. The SMILES string of the molecule is COc1ccc(S(=O)(=O)N2CCN(CCNC(=O)c3ccccc3C)CC2)cc1. The Balaban J connectivity index is 1.47. The molecule has 0 unspecified atom stereocenters. The van der Waals surface area contributed by atoms with Gasteiger partial charge >= 0.3 is 0 Å². The fraction of sp³-hybridized carbons (Fsp3) is 0.381. The molecule has 0 radical (unpaired) electrons. The second kappa shape index (κ2) is 9.39. The van der Waals surface area contributed by atoms with Gasteiger partial charge < -0.3 is 10.1 Å². The van der Waals surface area contributed by atoms with Crippen LogP contribution in [0.2, 0.25) is 0 Å². The number of benzene rings is 2. The Morgan fingerprint density at radius 3 is 2.31 bits per heavy atom. The van der Waals surface area contributed by atoms with Gasteiger partial charge in [0.1, 0.15) is 5.75 Å². The van der Waals surface area contributed by atoms with Crippen molar-refractivity contribution in [1.29, 1.82) is 0 Å². The van der Waals surface area contributed by atoms with Gasteiger partial charge in [-0.15, -0.1) is 0 Å². The first-order chi connectivity index (χ1) is 13.9. The predicted octanol–water partition coefficient (Wildman–Crippen LogP) is 1.74. The van der Waals surface area contributed by atoms with Crippen molar-refractivity contribution in [1.82, 2.24) is 14.5 Å². The largest absolute Gasteiger partial charge is 0.497 e. The Morgan fingerprint density at radius 2 is 1.69 bits per heavy atom. The van der Waals surface area contributed by atoms with Crippen LogP contribution in [0.15, 0.2) is 53.4 Å². The predicted molar refractivity (Wildman–Crippen MR) is 112 cm³/mol. The van der Waals surface area contributed by atoms with Gasteiger partial charge in [-0.05, 0) is 42.8 Å². The van der Waals surface area contributed by atoms with Gasteiger partial charge in [0.2, 0.25) is 10.0 Å². The molecule has 1 aliphatic rings. The van der Waals surface area contributed by atoms with Crippen LogP contribution in [0.3, 0.4) is 0 Å². The number of carbonyl (C=O) groups excluding carboxylic acids is 1. The molecular formula is C21H27N3O4S. The standard InChI is InChI=1S/C21H27N3O4S/c1-17-5-3-4-6-20(17)21(25)22-11-12-23-13-15-24(16-14-23)29(26,27)19-9-7-18(28-2)8-10-19/h3-10H,11-16H2,1-2H3,(H,22,25). The molecule has 156 valence electrons. The first-order valence-electron chi connectivity index (χ1n) is 9.62. The van der Waals surface area contributed by atoms with E-state index in [2.05, 4.69) is 10.2 Å². The van der Waals surface area contributed by atoms with E-state index in [4.69, 9.17) is 4.74 Å². The summed E-state index contributed by atoms with van der Waals surface area (Å²) < 4.78 is 32.2. The Kier molecular flexibility index (Phi) is 6.89. The van der Waals surface area contributed by atoms with Crippen molar-refractivity contribution in [3.05, 3.63) is 59.7 Å². The van der Waals surface area contributed by atoms with Gasteiger partial charge in [-0.2, -0.15) is 4.31 Å². The second-order valence-electron chi connectivity index (χ2n) is 6.99. The number of amides is 1. The van der Waals surface area contributed by atoms with Gasteiger partial charge in [-0.25, -0.2) is 8.42 Å². The fourth-order valence-corrected chi connectivity index (χ4v) is 4.76. The Morgan fingerprint density at radius 1 is 1.03 bits per heavy atom. The summed E-state index contributed by atoms with van der Waals surface area (Å²) in [6, 6.07) is 13.9. The summed E-state index contributed by atoms with van der Waals surface area (Å²) in [5.41, 5.74) is 1.63. The van der Waals surface area contributed by atoms with Crippen LogP contribution < -0.4 is 10.1 Å². The monoisotopic (exact) mass is 417 g/mol. The number of hydrogen-bond acceptors (Lipinski definition) is 5. The maximum atomic E-state index is 12.8. The fourth-order valence-electron chi connectivity index (χ4n) is 3.34. The summed E-state index contributed by atoms with van der Waals surface area (Å²) in [4.78, 5) is 14.7. The number of sulfonamides is 1. The number of aryl methyl sites for hydroxylation is 1. The number of carbonyl (C=O) groups is 1. The molecule has 0 aromatic heterocycles. The molecule has 0 bridgehead atoms. The number of ether oxygens (including phenoxy) is 1. The van der Waals surface area contributed by atoms with Crippen molar-refractivity contribution in [3.63, 3.8) is 0 Å². The van der Waals surface area contributed by atoms with Crippen LogP contribution in [0, 0.1) is 6.92 Å². The van der Waals surface area contributed by atoms with Crippen molar-refractivity contribution < 1.29 is 17.9 Å². The summed E-state index contributed by atoms with van der Waals surface area (Å²) >= 11 is 0. The van der Waals surface area contributed by atoms with E-state index in [0.29, 0.717) is 50.6 Å². The lowest BCUT2D eigenvalue weighted by molar-refractivity contribution is 0.0944. The van der Waals surface area contributed by atoms with E-state index in [9.17, 15) is 13.2 Å². The lowest BCUT2D eigenvalue weighted by Crippen LogP contribution is -2.50. The minimum absolute atomic E-state index is 0.0798. The van der Waals surface area contributed by atoms with Crippen LogP contribution in [0.1, 0.15) is 15.9 Å². The van der Waals surface area contributed by atoms with E-state index < -0.39 is 10.0 Å². The zero-order valence-electron chi connectivity index (χ0n) is 16.8. The third-order valence-corrected chi connectivity index (χ3v) is 7.04. The maximum Gasteiger partial charge on any atom is 0.251 e. The minimum atomic E-state index is -3.50. The number of hydrogen-bond donors (Lipinski definition) is 1. The summed E-state index contributed by atoms with van der Waals surface area (Å²) in [5.74, 6) is 0.547. The summed E-state index contributed by atoms with van der Waals surface area (Å²) in [6.07, 6.45) is 0. The molecule has 0 aliphatic carbocycles. The van der Waals surface area contributed by atoms with Crippen molar-refractivity contribution in [2.75, 3.05) is 46.4 Å². The molecule has 2 aromatic carbocycles. The van der Waals surface area contributed by atoms with E-state index in [-0.39, 0.29) is 10.8 Å². The number of piperazine rings is 1. The molecule has 7 nitrogen and oxygen atoms in total. The van der Waals surface area contributed by atoms with Gasteiger partial charge in [-0.3, -0.25) is 9.69 Å². The lowest BCUT2D eigenvalue weighted by Gasteiger charge is -2.34.